The predicted molar refractivity (Wildman–Crippen MR) is 49.5 cm³/mol. The Bertz CT molecular complexity index is 262. The highest BCUT2D eigenvalue weighted by Crippen LogP contribution is 2.33. The fourth-order valence-electron chi connectivity index (χ4n) is 2.37. The summed E-state index contributed by atoms with van der Waals surface area (Å²) in [5.74, 6) is -0.190. The molecule has 0 amide bonds. The maximum atomic E-state index is 10.8. The van der Waals surface area contributed by atoms with Crippen molar-refractivity contribution in [1.82, 2.24) is 4.90 Å². The quantitative estimate of drug-likeness (QED) is 0.616. The van der Waals surface area contributed by atoms with Gasteiger partial charge in [0.15, 0.2) is 0 Å². The van der Waals surface area contributed by atoms with Crippen molar-refractivity contribution in [2.45, 2.75) is 19.8 Å². The van der Waals surface area contributed by atoms with Gasteiger partial charge in [0.25, 0.3) is 0 Å². The third kappa shape index (κ3) is 1.48. The molecular weight excluding hydrogens is 166 g/mol. The Labute approximate surface area is 78.0 Å². The van der Waals surface area contributed by atoms with E-state index in [0.717, 1.165) is 32.5 Å². The zero-order valence-electron chi connectivity index (χ0n) is 7.92. The average Bonchev–Trinajstić information content (AvgIpc) is 2.18. The molecule has 72 valence electrons. The number of carboxylic acids is 1. The number of aliphatic carboxylic acids is 1. The van der Waals surface area contributed by atoms with Crippen molar-refractivity contribution < 1.29 is 9.90 Å². The van der Waals surface area contributed by atoms with Gasteiger partial charge in [0.2, 0.25) is 0 Å². The number of hydrogen-bond donors (Lipinski definition) is 1. The summed E-state index contributed by atoms with van der Waals surface area (Å²) in [4.78, 5) is 13.1. The van der Waals surface area contributed by atoms with Gasteiger partial charge in [-0.1, -0.05) is 0 Å². The second-order valence-corrected chi connectivity index (χ2v) is 4.01. The molecule has 0 radical (unpaired) electrons. The topological polar surface area (TPSA) is 40.5 Å². The Kier molecular flexibility index (Phi) is 2.12. The molecule has 3 nitrogen and oxygen atoms in total. The molecule has 0 aromatic carbocycles. The minimum absolute atomic E-state index is 0.557. The van der Waals surface area contributed by atoms with Crippen LogP contribution in [0.25, 0.3) is 0 Å². The number of nitrogens with zero attached hydrogens (tertiary/aromatic N) is 1. The second kappa shape index (κ2) is 3.14. The summed E-state index contributed by atoms with van der Waals surface area (Å²) < 4.78 is 0. The van der Waals surface area contributed by atoms with Crippen LogP contribution in [0.15, 0.2) is 11.1 Å². The molecule has 1 N–H and O–H groups in total. The number of rotatable bonds is 1. The first-order valence-corrected chi connectivity index (χ1v) is 4.84. The minimum atomic E-state index is -0.747. The monoisotopic (exact) mass is 181 g/mol. The lowest BCUT2D eigenvalue weighted by molar-refractivity contribution is -0.132. The largest absolute Gasteiger partial charge is 0.478 e. The molecule has 0 aliphatic carbocycles. The van der Waals surface area contributed by atoms with E-state index in [-0.39, 0.29) is 0 Å². The predicted octanol–water partition coefficient (Wildman–Crippen LogP) is 1.11. The molecule has 0 saturated carbocycles. The number of carboxylic acid groups (broad SMARTS) is 1. The molecule has 3 aliphatic rings. The van der Waals surface area contributed by atoms with E-state index >= 15 is 0 Å². The van der Waals surface area contributed by atoms with Crippen LogP contribution >= 0.6 is 0 Å². The molecule has 3 heterocycles. The molecule has 0 aromatic heterocycles. The smallest absolute Gasteiger partial charge is 0.331 e. The molecule has 0 aromatic rings. The molecule has 3 fully saturated rings. The van der Waals surface area contributed by atoms with Gasteiger partial charge < -0.3 is 5.11 Å². The lowest BCUT2D eigenvalue weighted by Gasteiger charge is -2.41. The Morgan fingerprint density at radius 3 is 2.46 bits per heavy atom. The van der Waals surface area contributed by atoms with Gasteiger partial charge >= 0.3 is 5.97 Å². The highest BCUT2D eigenvalue weighted by molar-refractivity contribution is 5.87. The molecular formula is C10H15NO2. The molecule has 0 spiro atoms. The molecule has 3 rings (SSSR count). The van der Waals surface area contributed by atoms with Crippen LogP contribution in [0.4, 0.5) is 0 Å². The summed E-state index contributed by atoms with van der Waals surface area (Å²) in [5, 5.41) is 8.89. The summed E-state index contributed by atoms with van der Waals surface area (Å²) in [7, 11) is 0. The van der Waals surface area contributed by atoms with Crippen LogP contribution in [-0.2, 0) is 4.79 Å². The number of piperidine rings is 3. The van der Waals surface area contributed by atoms with Crippen LogP contribution in [0.1, 0.15) is 19.8 Å². The van der Waals surface area contributed by atoms with Crippen LogP contribution in [0.2, 0.25) is 0 Å². The fraction of sp³-hybridized carbons (Fsp3) is 0.700. The lowest BCUT2D eigenvalue weighted by Crippen LogP contribution is -2.43. The molecule has 3 heteroatoms. The van der Waals surface area contributed by atoms with Crippen molar-refractivity contribution in [3.05, 3.63) is 11.1 Å². The highest BCUT2D eigenvalue weighted by atomic mass is 16.4. The number of hydrogen-bond acceptors (Lipinski definition) is 2. The van der Waals surface area contributed by atoms with E-state index in [0.29, 0.717) is 11.5 Å². The normalized spacial score (nSPS) is 36.1. The first kappa shape index (κ1) is 8.75. The van der Waals surface area contributed by atoms with Crippen molar-refractivity contribution in [3.8, 4) is 0 Å². The Morgan fingerprint density at radius 1 is 1.46 bits per heavy atom. The third-order valence-corrected chi connectivity index (χ3v) is 3.28. The minimum Gasteiger partial charge on any atom is -0.478 e. The zero-order chi connectivity index (χ0) is 9.42. The summed E-state index contributed by atoms with van der Waals surface area (Å²) in [6.07, 6.45) is 2.31. The van der Waals surface area contributed by atoms with Crippen LogP contribution in [0.3, 0.4) is 0 Å². The van der Waals surface area contributed by atoms with Gasteiger partial charge in [-0.05, 0) is 44.3 Å². The average molecular weight is 181 g/mol. The Hall–Kier alpha value is -0.830. The second-order valence-electron chi connectivity index (χ2n) is 4.01. The van der Waals surface area contributed by atoms with Gasteiger partial charge in [0.05, 0.1) is 0 Å². The van der Waals surface area contributed by atoms with E-state index < -0.39 is 5.97 Å². The number of fused-ring (bicyclic) bond motifs is 3. The molecule has 3 saturated heterocycles. The van der Waals surface area contributed by atoms with E-state index in [4.69, 9.17) is 5.11 Å². The van der Waals surface area contributed by atoms with Gasteiger partial charge in [-0.2, -0.15) is 0 Å². The van der Waals surface area contributed by atoms with E-state index in [1.807, 2.05) is 0 Å². The molecule has 13 heavy (non-hydrogen) atoms. The van der Waals surface area contributed by atoms with E-state index in [1.165, 1.54) is 5.57 Å². The zero-order valence-corrected chi connectivity index (χ0v) is 7.92. The first-order chi connectivity index (χ1) is 6.18. The van der Waals surface area contributed by atoms with Gasteiger partial charge in [0.1, 0.15) is 0 Å². The van der Waals surface area contributed by atoms with Crippen LogP contribution in [-0.4, -0.2) is 35.6 Å². The van der Waals surface area contributed by atoms with Crippen molar-refractivity contribution in [2.75, 3.05) is 19.6 Å². The Balaban J connectivity index is 2.25. The van der Waals surface area contributed by atoms with E-state index in [2.05, 4.69) is 4.90 Å². The van der Waals surface area contributed by atoms with Crippen LogP contribution in [0, 0.1) is 5.92 Å². The first-order valence-electron chi connectivity index (χ1n) is 4.84. The summed E-state index contributed by atoms with van der Waals surface area (Å²) in [6.45, 7) is 4.93. The maximum absolute atomic E-state index is 10.8. The molecule has 2 bridgehead atoms. The van der Waals surface area contributed by atoms with Gasteiger partial charge in [-0.15, -0.1) is 0 Å². The molecule has 0 atom stereocenters. The van der Waals surface area contributed by atoms with Crippen molar-refractivity contribution in [2.24, 2.45) is 5.92 Å². The summed E-state index contributed by atoms with van der Waals surface area (Å²) in [5.41, 5.74) is 1.75. The number of carbonyl (C=O) groups is 1. The SMILES string of the molecule is CC(C(=O)O)=C1CN2CCC1CC2. The van der Waals surface area contributed by atoms with Crippen molar-refractivity contribution in [3.63, 3.8) is 0 Å². The highest BCUT2D eigenvalue weighted by Gasteiger charge is 2.31. The summed E-state index contributed by atoms with van der Waals surface area (Å²) in [6, 6.07) is 0. The molecule has 0 unspecified atom stereocenters. The maximum Gasteiger partial charge on any atom is 0.331 e. The van der Waals surface area contributed by atoms with Crippen LogP contribution < -0.4 is 0 Å². The van der Waals surface area contributed by atoms with E-state index in [9.17, 15) is 4.79 Å². The van der Waals surface area contributed by atoms with E-state index in [1.54, 1.807) is 6.92 Å². The van der Waals surface area contributed by atoms with Crippen molar-refractivity contribution >= 4 is 5.97 Å². The van der Waals surface area contributed by atoms with Gasteiger partial charge in [0, 0.05) is 12.1 Å². The molecule has 3 aliphatic heterocycles. The van der Waals surface area contributed by atoms with Gasteiger partial charge in [-0.3, -0.25) is 4.90 Å². The standard InChI is InChI=1S/C10H15NO2/c1-7(10(12)13)9-6-11-4-2-8(9)3-5-11/h8H,2-6H2,1H3,(H,12,13). The van der Waals surface area contributed by atoms with Gasteiger partial charge in [-0.25, -0.2) is 4.79 Å². The lowest BCUT2D eigenvalue weighted by atomic mass is 9.81. The Morgan fingerprint density at radius 2 is 2.08 bits per heavy atom. The van der Waals surface area contributed by atoms with Crippen molar-refractivity contribution in [1.29, 1.82) is 0 Å². The third-order valence-electron chi connectivity index (χ3n) is 3.28. The summed E-state index contributed by atoms with van der Waals surface area (Å²) >= 11 is 0. The van der Waals surface area contributed by atoms with Crippen LogP contribution in [0.5, 0.6) is 0 Å². The fourth-order valence-corrected chi connectivity index (χ4v) is 2.37.